The molecule has 1 aliphatic rings. The Morgan fingerprint density at radius 1 is 1.75 bits per heavy atom. The van der Waals surface area contributed by atoms with Crippen molar-refractivity contribution in [2.45, 2.75) is 26.3 Å². The minimum atomic E-state index is -0.364. The predicted octanol–water partition coefficient (Wildman–Crippen LogP) is 0.512. The molecule has 0 aromatic rings. The minimum absolute atomic E-state index is 0.0544. The van der Waals surface area contributed by atoms with E-state index in [2.05, 4.69) is 13.0 Å². The van der Waals surface area contributed by atoms with E-state index < -0.39 is 0 Å². The highest BCUT2D eigenvalue weighted by atomic mass is 16.2. The van der Waals surface area contributed by atoms with Gasteiger partial charge in [0.25, 0.3) is 0 Å². The first-order valence-electron chi connectivity index (χ1n) is 4.31. The molecule has 1 amide bonds. The average molecular weight is 168 g/mol. The molecule has 0 spiro atoms. The average Bonchev–Trinajstić information content (AvgIpc) is 2.04. The molecule has 1 heterocycles. The summed E-state index contributed by atoms with van der Waals surface area (Å²) in [6.45, 7) is 5.37. The van der Waals surface area contributed by atoms with Crippen LogP contribution >= 0.6 is 0 Å². The van der Waals surface area contributed by atoms with Crippen LogP contribution in [0.4, 0.5) is 0 Å². The molecule has 1 aliphatic heterocycles. The Balaban J connectivity index is 2.51. The lowest BCUT2D eigenvalue weighted by atomic mass is 10.1. The number of carbonyl (C=O) groups excluding carboxylic acids is 1. The summed E-state index contributed by atoms with van der Waals surface area (Å²) in [5.41, 5.74) is 6.85. The van der Waals surface area contributed by atoms with Gasteiger partial charge in [-0.1, -0.05) is 11.6 Å². The van der Waals surface area contributed by atoms with Crippen molar-refractivity contribution in [3.8, 4) is 0 Å². The first kappa shape index (κ1) is 9.26. The van der Waals surface area contributed by atoms with E-state index in [1.54, 1.807) is 11.8 Å². The van der Waals surface area contributed by atoms with E-state index in [1.807, 2.05) is 0 Å². The molecule has 3 heteroatoms. The summed E-state index contributed by atoms with van der Waals surface area (Å²) in [6, 6.07) is -0.364. The van der Waals surface area contributed by atoms with Crippen LogP contribution in [-0.4, -0.2) is 29.9 Å². The molecule has 0 aromatic heterocycles. The summed E-state index contributed by atoms with van der Waals surface area (Å²) in [5, 5.41) is 0. The Hall–Kier alpha value is -0.830. The lowest BCUT2D eigenvalue weighted by molar-refractivity contribution is -0.131. The quantitative estimate of drug-likeness (QED) is 0.580. The first-order chi connectivity index (χ1) is 5.61. The Morgan fingerprint density at radius 3 is 2.83 bits per heavy atom. The highest BCUT2D eigenvalue weighted by molar-refractivity contribution is 5.81. The highest BCUT2D eigenvalue weighted by Crippen LogP contribution is 2.09. The molecule has 3 nitrogen and oxygen atoms in total. The number of rotatable bonds is 1. The second-order valence-electron chi connectivity index (χ2n) is 3.37. The van der Waals surface area contributed by atoms with E-state index >= 15 is 0 Å². The van der Waals surface area contributed by atoms with Gasteiger partial charge in [0, 0.05) is 13.1 Å². The van der Waals surface area contributed by atoms with E-state index in [9.17, 15) is 4.79 Å². The van der Waals surface area contributed by atoms with Crippen LogP contribution in [0.1, 0.15) is 20.3 Å². The monoisotopic (exact) mass is 168 g/mol. The van der Waals surface area contributed by atoms with Gasteiger partial charge in [0.2, 0.25) is 5.91 Å². The van der Waals surface area contributed by atoms with Gasteiger partial charge in [0.1, 0.15) is 0 Å². The summed E-state index contributed by atoms with van der Waals surface area (Å²) >= 11 is 0. The van der Waals surface area contributed by atoms with Crippen molar-refractivity contribution < 1.29 is 4.79 Å². The second kappa shape index (κ2) is 3.72. The third-order valence-corrected chi connectivity index (χ3v) is 2.14. The van der Waals surface area contributed by atoms with Crippen LogP contribution in [0.25, 0.3) is 0 Å². The van der Waals surface area contributed by atoms with Gasteiger partial charge in [0.05, 0.1) is 6.04 Å². The number of nitrogens with zero attached hydrogens (tertiary/aromatic N) is 1. The molecule has 1 atom stereocenters. The SMILES string of the molecule is CC1=CCN(C(=O)[C@@H](C)N)CC1. The predicted molar refractivity (Wildman–Crippen MR) is 48.6 cm³/mol. The van der Waals surface area contributed by atoms with Gasteiger partial charge in [-0.2, -0.15) is 0 Å². The van der Waals surface area contributed by atoms with Gasteiger partial charge in [0.15, 0.2) is 0 Å². The summed E-state index contributed by atoms with van der Waals surface area (Å²) in [5.74, 6) is 0.0544. The van der Waals surface area contributed by atoms with Gasteiger partial charge in [-0.3, -0.25) is 4.79 Å². The van der Waals surface area contributed by atoms with Crippen LogP contribution in [0, 0.1) is 0 Å². The standard InChI is InChI=1S/C9H16N2O/c1-7-3-5-11(6-4-7)9(12)8(2)10/h3,8H,4-6,10H2,1-2H3/t8-/m1/s1. The Bertz CT molecular complexity index is 209. The number of hydrogen-bond acceptors (Lipinski definition) is 2. The molecule has 0 unspecified atom stereocenters. The smallest absolute Gasteiger partial charge is 0.239 e. The normalized spacial score (nSPS) is 20.2. The van der Waals surface area contributed by atoms with Gasteiger partial charge in [-0.05, 0) is 20.3 Å². The van der Waals surface area contributed by atoms with Crippen LogP contribution in [0.5, 0.6) is 0 Å². The third-order valence-electron chi connectivity index (χ3n) is 2.14. The van der Waals surface area contributed by atoms with E-state index in [1.165, 1.54) is 5.57 Å². The third kappa shape index (κ3) is 2.08. The van der Waals surface area contributed by atoms with E-state index in [-0.39, 0.29) is 11.9 Å². The van der Waals surface area contributed by atoms with Crippen molar-refractivity contribution in [1.29, 1.82) is 0 Å². The summed E-state index contributed by atoms with van der Waals surface area (Å²) in [4.78, 5) is 13.2. The zero-order chi connectivity index (χ0) is 9.14. The van der Waals surface area contributed by atoms with Crippen LogP contribution in [0.3, 0.4) is 0 Å². The zero-order valence-corrected chi connectivity index (χ0v) is 7.71. The molecule has 0 saturated heterocycles. The molecule has 0 aliphatic carbocycles. The van der Waals surface area contributed by atoms with Crippen LogP contribution in [-0.2, 0) is 4.79 Å². The Labute approximate surface area is 73.2 Å². The van der Waals surface area contributed by atoms with E-state index in [0.29, 0.717) is 0 Å². The molecule has 1 rings (SSSR count). The number of carbonyl (C=O) groups is 1. The van der Waals surface area contributed by atoms with Gasteiger partial charge in [-0.15, -0.1) is 0 Å². The van der Waals surface area contributed by atoms with Gasteiger partial charge < -0.3 is 10.6 Å². The molecule has 2 N–H and O–H groups in total. The molecule has 68 valence electrons. The summed E-state index contributed by atoms with van der Waals surface area (Å²) in [7, 11) is 0. The van der Waals surface area contributed by atoms with Gasteiger partial charge >= 0.3 is 0 Å². The van der Waals surface area contributed by atoms with E-state index in [0.717, 1.165) is 19.5 Å². The maximum Gasteiger partial charge on any atom is 0.239 e. The summed E-state index contributed by atoms with van der Waals surface area (Å²) in [6.07, 6.45) is 3.07. The molecule has 0 aromatic carbocycles. The molecule has 12 heavy (non-hydrogen) atoms. The lowest BCUT2D eigenvalue weighted by Gasteiger charge is -2.26. The largest absolute Gasteiger partial charge is 0.337 e. The van der Waals surface area contributed by atoms with Crippen LogP contribution in [0.2, 0.25) is 0 Å². The number of amides is 1. The van der Waals surface area contributed by atoms with Crippen molar-refractivity contribution in [1.82, 2.24) is 4.90 Å². The van der Waals surface area contributed by atoms with Crippen LogP contribution < -0.4 is 5.73 Å². The van der Waals surface area contributed by atoms with Crippen molar-refractivity contribution >= 4 is 5.91 Å². The molecular formula is C9H16N2O. The fraction of sp³-hybridized carbons (Fsp3) is 0.667. The van der Waals surface area contributed by atoms with Gasteiger partial charge in [-0.25, -0.2) is 0 Å². The molecule has 0 radical (unpaired) electrons. The molecule has 0 saturated carbocycles. The number of nitrogens with two attached hydrogens (primary N) is 1. The second-order valence-corrected chi connectivity index (χ2v) is 3.37. The van der Waals surface area contributed by atoms with Crippen molar-refractivity contribution in [2.24, 2.45) is 5.73 Å². The minimum Gasteiger partial charge on any atom is -0.337 e. The molecular weight excluding hydrogens is 152 g/mol. The zero-order valence-electron chi connectivity index (χ0n) is 7.71. The topological polar surface area (TPSA) is 46.3 Å². The Kier molecular flexibility index (Phi) is 2.87. The molecule has 0 bridgehead atoms. The van der Waals surface area contributed by atoms with Crippen molar-refractivity contribution in [3.63, 3.8) is 0 Å². The molecule has 0 fully saturated rings. The van der Waals surface area contributed by atoms with Crippen molar-refractivity contribution in [3.05, 3.63) is 11.6 Å². The lowest BCUT2D eigenvalue weighted by Crippen LogP contribution is -2.43. The Morgan fingerprint density at radius 2 is 2.42 bits per heavy atom. The maximum absolute atomic E-state index is 11.4. The fourth-order valence-corrected chi connectivity index (χ4v) is 1.26. The maximum atomic E-state index is 11.4. The van der Waals surface area contributed by atoms with Crippen molar-refractivity contribution in [2.75, 3.05) is 13.1 Å². The first-order valence-corrected chi connectivity index (χ1v) is 4.31. The number of hydrogen-bond donors (Lipinski definition) is 1. The van der Waals surface area contributed by atoms with Crippen LogP contribution in [0.15, 0.2) is 11.6 Å². The summed E-state index contributed by atoms with van der Waals surface area (Å²) < 4.78 is 0. The fourth-order valence-electron chi connectivity index (χ4n) is 1.26. The highest BCUT2D eigenvalue weighted by Gasteiger charge is 2.18. The van der Waals surface area contributed by atoms with E-state index in [4.69, 9.17) is 5.73 Å².